The lowest BCUT2D eigenvalue weighted by Gasteiger charge is -2.11. The fraction of sp³-hybridized carbons (Fsp3) is 0.455. The molecule has 0 heterocycles. The maximum atomic E-state index is 5.56. The maximum absolute atomic E-state index is 5.56. The van der Waals surface area contributed by atoms with Gasteiger partial charge >= 0.3 is 0 Å². The molecule has 16 heavy (non-hydrogen) atoms. The van der Waals surface area contributed by atoms with E-state index in [9.17, 15) is 0 Å². The topological polar surface area (TPSA) is 38.5 Å². The smallest absolute Gasteiger partial charge is 0.119 e. The molecule has 0 atom stereocenters. The van der Waals surface area contributed by atoms with E-state index in [4.69, 9.17) is 10.5 Å². The lowest BCUT2D eigenvalue weighted by molar-refractivity contribution is 0.261. The van der Waals surface area contributed by atoms with E-state index in [2.05, 4.69) is 4.90 Å². The van der Waals surface area contributed by atoms with Crippen molar-refractivity contribution in [1.29, 1.82) is 0 Å². The number of nitrogens with two attached hydrogens (primary N) is 1. The highest BCUT2D eigenvalue weighted by atomic mass is 35.5. The molecule has 0 aliphatic carbocycles. The summed E-state index contributed by atoms with van der Waals surface area (Å²) in [6.45, 7) is 2.19. The lowest BCUT2D eigenvalue weighted by atomic mass is 10.2. The number of halogens is 2. The zero-order chi connectivity index (χ0) is 10.4. The van der Waals surface area contributed by atoms with E-state index in [0.717, 1.165) is 17.9 Å². The van der Waals surface area contributed by atoms with Crippen LogP contribution in [0, 0.1) is 0 Å². The minimum Gasteiger partial charge on any atom is -0.492 e. The van der Waals surface area contributed by atoms with Gasteiger partial charge in [-0.1, -0.05) is 12.1 Å². The van der Waals surface area contributed by atoms with Crippen LogP contribution in [0.3, 0.4) is 0 Å². The number of likely N-dealkylation sites (N-methyl/N-ethyl adjacent to an activating group) is 1. The molecule has 1 aromatic rings. The predicted octanol–water partition coefficient (Wildman–Crippen LogP) is 1.93. The fourth-order valence-electron chi connectivity index (χ4n) is 1.11. The molecule has 0 aliphatic rings. The van der Waals surface area contributed by atoms with E-state index >= 15 is 0 Å². The Morgan fingerprint density at radius 1 is 1.25 bits per heavy atom. The van der Waals surface area contributed by atoms with Crippen molar-refractivity contribution in [2.45, 2.75) is 6.54 Å². The van der Waals surface area contributed by atoms with Crippen molar-refractivity contribution in [3.05, 3.63) is 29.8 Å². The van der Waals surface area contributed by atoms with Gasteiger partial charge in [0.2, 0.25) is 0 Å². The van der Waals surface area contributed by atoms with Crippen LogP contribution in [0.5, 0.6) is 5.75 Å². The molecule has 0 radical (unpaired) electrons. The van der Waals surface area contributed by atoms with Crippen molar-refractivity contribution >= 4 is 24.8 Å². The van der Waals surface area contributed by atoms with Gasteiger partial charge in [0.1, 0.15) is 12.4 Å². The molecule has 0 bridgehead atoms. The van der Waals surface area contributed by atoms with Crippen LogP contribution < -0.4 is 10.5 Å². The molecule has 0 aliphatic heterocycles. The minimum atomic E-state index is 0. The molecule has 1 aromatic carbocycles. The molecule has 0 fully saturated rings. The van der Waals surface area contributed by atoms with E-state index < -0.39 is 0 Å². The first-order valence-electron chi connectivity index (χ1n) is 4.79. The summed E-state index contributed by atoms with van der Waals surface area (Å²) >= 11 is 0. The molecule has 2 N–H and O–H groups in total. The third-order valence-electron chi connectivity index (χ3n) is 1.94. The number of rotatable bonds is 5. The highest BCUT2D eigenvalue weighted by molar-refractivity contribution is 5.85. The summed E-state index contributed by atoms with van der Waals surface area (Å²) in [4.78, 5) is 2.09. The highest BCUT2D eigenvalue weighted by Gasteiger charge is 1.95. The van der Waals surface area contributed by atoms with Gasteiger partial charge in [-0.05, 0) is 31.8 Å². The lowest BCUT2D eigenvalue weighted by Crippen LogP contribution is -2.19. The summed E-state index contributed by atoms with van der Waals surface area (Å²) in [7, 11) is 4.05. The third-order valence-corrected chi connectivity index (χ3v) is 1.94. The molecule has 0 unspecified atom stereocenters. The van der Waals surface area contributed by atoms with Crippen molar-refractivity contribution in [2.24, 2.45) is 5.73 Å². The number of hydrogen-bond donors (Lipinski definition) is 1. The van der Waals surface area contributed by atoms with Crippen LogP contribution in [0.4, 0.5) is 0 Å². The summed E-state index contributed by atoms with van der Waals surface area (Å²) in [6, 6.07) is 7.90. The van der Waals surface area contributed by atoms with Crippen molar-refractivity contribution in [1.82, 2.24) is 4.90 Å². The van der Waals surface area contributed by atoms with Crippen LogP contribution in [-0.4, -0.2) is 32.1 Å². The Bertz CT molecular complexity index is 282. The quantitative estimate of drug-likeness (QED) is 0.886. The Balaban J connectivity index is 0. The minimum absolute atomic E-state index is 0. The van der Waals surface area contributed by atoms with E-state index in [-0.39, 0.29) is 24.8 Å². The summed E-state index contributed by atoms with van der Waals surface area (Å²) in [5.74, 6) is 0.898. The Kier molecular flexibility index (Phi) is 10.9. The van der Waals surface area contributed by atoms with Crippen molar-refractivity contribution in [3.8, 4) is 5.75 Å². The first-order valence-corrected chi connectivity index (χ1v) is 4.79. The van der Waals surface area contributed by atoms with Gasteiger partial charge in [0.25, 0.3) is 0 Å². The molecule has 0 saturated heterocycles. The van der Waals surface area contributed by atoms with Gasteiger partial charge < -0.3 is 15.4 Å². The predicted molar refractivity (Wildman–Crippen MR) is 72.9 cm³/mol. The van der Waals surface area contributed by atoms with Crippen LogP contribution in [0.15, 0.2) is 24.3 Å². The van der Waals surface area contributed by atoms with Crippen LogP contribution in [0.25, 0.3) is 0 Å². The summed E-state index contributed by atoms with van der Waals surface area (Å²) in [5, 5.41) is 0. The largest absolute Gasteiger partial charge is 0.492 e. The molecule has 5 heteroatoms. The number of benzene rings is 1. The maximum Gasteiger partial charge on any atom is 0.119 e. The number of nitrogens with zero attached hydrogens (tertiary/aromatic N) is 1. The average Bonchev–Trinajstić information content (AvgIpc) is 2.18. The van der Waals surface area contributed by atoms with Crippen molar-refractivity contribution in [3.63, 3.8) is 0 Å². The Hall–Kier alpha value is -0.480. The van der Waals surface area contributed by atoms with Crippen LogP contribution in [-0.2, 0) is 6.54 Å². The molecule has 94 valence electrons. The Labute approximate surface area is 110 Å². The van der Waals surface area contributed by atoms with Gasteiger partial charge in [-0.3, -0.25) is 0 Å². The number of ether oxygens (including phenoxy) is 1. The van der Waals surface area contributed by atoms with E-state index in [1.165, 1.54) is 0 Å². The van der Waals surface area contributed by atoms with Crippen LogP contribution in [0.1, 0.15) is 5.56 Å². The molecule has 0 saturated carbocycles. The van der Waals surface area contributed by atoms with Gasteiger partial charge in [-0.25, -0.2) is 0 Å². The van der Waals surface area contributed by atoms with Gasteiger partial charge in [-0.15, -0.1) is 24.8 Å². The molecule has 1 rings (SSSR count). The summed E-state index contributed by atoms with van der Waals surface area (Å²) < 4.78 is 5.56. The normalized spacial score (nSPS) is 9.25. The van der Waals surface area contributed by atoms with Gasteiger partial charge in [-0.2, -0.15) is 0 Å². The zero-order valence-electron chi connectivity index (χ0n) is 9.68. The first-order chi connectivity index (χ1) is 6.72. The molecular weight excluding hydrogens is 247 g/mol. The second-order valence-electron chi connectivity index (χ2n) is 3.50. The molecule has 0 amide bonds. The Morgan fingerprint density at radius 3 is 2.50 bits per heavy atom. The molecule has 0 aromatic heterocycles. The monoisotopic (exact) mass is 266 g/mol. The van der Waals surface area contributed by atoms with E-state index in [1.807, 2.05) is 38.4 Å². The van der Waals surface area contributed by atoms with Crippen molar-refractivity contribution in [2.75, 3.05) is 27.2 Å². The number of hydrogen-bond acceptors (Lipinski definition) is 3. The standard InChI is InChI=1S/C11H18N2O.2ClH/c1-13(2)6-7-14-11-5-3-4-10(8-11)9-12;;/h3-5,8H,6-7,9,12H2,1-2H3;2*1H. The van der Waals surface area contributed by atoms with Gasteiger partial charge in [0.15, 0.2) is 0 Å². The van der Waals surface area contributed by atoms with Crippen LogP contribution in [0.2, 0.25) is 0 Å². The third kappa shape index (κ3) is 6.90. The summed E-state index contributed by atoms with van der Waals surface area (Å²) in [6.07, 6.45) is 0. The van der Waals surface area contributed by atoms with Gasteiger partial charge in [0.05, 0.1) is 0 Å². The second kappa shape index (κ2) is 9.73. The van der Waals surface area contributed by atoms with E-state index in [0.29, 0.717) is 13.2 Å². The SMILES string of the molecule is CN(C)CCOc1cccc(CN)c1.Cl.Cl. The van der Waals surface area contributed by atoms with Crippen LogP contribution >= 0.6 is 24.8 Å². The second-order valence-corrected chi connectivity index (χ2v) is 3.50. The fourth-order valence-corrected chi connectivity index (χ4v) is 1.11. The molecular formula is C11H20Cl2N2O. The first kappa shape index (κ1) is 17.9. The highest BCUT2D eigenvalue weighted by Crippen LogP contribution is 2.12. The van der Waals surface area contributed by atoms with Crippen molar-refractivity contribution < 1.29 is 4.74 Å². The van der Waals surface area contributed by atoms with E-state index in [1.54, 1.807) is 0 Å². The zero-order valence-corrected chi connectivity index (χ0v) is 11.3. The average molecular weight is 267 g/mol. The Morgan fingerprint density at radius 2 is 1.94 bits per heavy atom. The molecule has 3 nitrogen and oxygen atoms in total. The summed E-state index contributed by atoms with van der Waals surface area (Å²) in [5.41, 5.74) is 6.64. The molecule has 0 spiro atoms. The van der Waals surface area contributed by atoms with Gasteiger partial charge in [0, 0.05) is 13.1 Å².